The molecule has 3 nitrogen and oxygen atoms in total. The zero-order chi connectivity index (χ0) is 15.7. The standard InChI is InChI=1S/C17H15ClO3S/c18-14-11(15(19)13-7-4-10-22-13)5-3-6-12(14)17(16(20)21)8-1-2-9-17/h3-7,10H,1-2,8-9H2,(H,20,21). The van der Waals surface area contributed by atoms with E-state index in [1.54, 1.807) is 24.3 Å². The third-order valence-corrected chi connectivity index (χ3v) is 5.65. The second kappa shape index (κ2) is 5.86. The SMILES string of the molecule is O=C(c1cccs1)c1cccc(C2(C(=O)O)CCCC2)c1Cl. The highest BCUT2D eigenvalue weighted by Gasteiger charge is 2.44. The number of carbonyl (C=O) groups is 2. The highest BCUT2D eigenvalue weighted by atomic mass is 35.5. The highest BCUT2D eigenvalue weighted by Crippen LogP contribution is 2.45. The first-order valence-electron chi connectivity index (χ1n) is 7.17. The Morgan fingerprint density at radius 1 is 1.14 bits per heavy atom. The van der Waals surface area contributed by atoms with Crippen LogP contribution in [0.4, 0.5) is 0 Å². The second-order valence-electron chi connectivity index (χ2n) is 5.57. The van der Waals surface area contributed by atoms with Crippen molar-refractivity contribution in [1.82, 2.24) is 0 Å². The first kappa shape index (κ1) is 15.3. The number of ketones is 1. The molecule has 2 aromatic rings. The Bertz CT molecular complexity index is 716. The predicted octanol–water partition coefficient (Wildman–Crippen LogP) is 4.53. The summed E-state index contributed by atoms with van der Waals surface area (Å²) in [5.41, 5.74) is -0.00117. The predicted molar refractivity (Wildman–Crippen MR) is 87.0 cm³/mol. The zero-order valence-corrected chi connectivity index (χ0v) is 13.4. The fourth-order valence-corrected chi connectivity index (χ4v) is 4.26. The zero-order valence-electron chi connectivity index (χ0n) is 11.8. The smallest absolute Gasteiger partial charge is 0.314 e. The molecular weight excluding hydrogens is 320 g/mol. The van der Waals surface area contributed by atoms with Gasteiger partial charge in [-0.05, 0) is 35.9 Å². The van der Waals surface area contributed by atoms with Crippen molar-refractivity contribution in [2.24, 2.45) is 0 Å². The molecule has 0 saturated heterocycles. The van der Waals surface area contributed by atoms with Crippen LogP contribution in [-0.2, 0) is 10.2 Å². The Morgan fingerprint density at radius 3 is 2.45 bits per heavy atom. The van der Waals surface area contributed by atoms with Gasteiger partial charge in [-0.1, -0.05) is 42.6 Å². The summed E-state index contributed by atoms with van der Waals surface area (Å²) in [6, 6.07) is 8.69. The molecule has 0 amide bonds. The lowest BCUT2D eigenvalue weighted by Gasteiger charge is -2.26. The Kier molecular flexibility index (Phi) is 4.06. The van der Waals surface area contributed by atoms with E-state index in [4.69, 9.17) is 11.6 Å². The van der Waals surface area contributed by atoms with Gasteiger partial charge in [-0.2, -0.15) is 0 Å². The number of halogens is 1. The van der Waals surface area contributed by atoms with Gasteiger partial charge >= 0.3 is 5.97 Å². The Morgan fingerprint density at radius 2 is 1.86 bits per heavy atom. The van der Waals surface area contributed by atoms with Gasteiger partial charge in [0.2, 0.25) is 5.78 Å². The van der Waals surface area contributed by atoms with Crippen LogP contribution in [0.1, 0.15) is 46.5 Å². The van der Waals surface area contributed by atoms with Gasteiger partial charge in [0.15, 0.2) is 0 Å². The molecule has 0 radical (unpaired) electrons. The highest BCUT2D eigenvalue weighted by molar-refractivity contribution is 7.12. The van der Waals surface area contributed by atoms with Crippen molar-refractivity contribution in [3.05, 3.63) is 56.7 Å². The maximum atomic E-state index is 12.5. The van der Waals surface area contributed by atoms with Crippen molar-refractivity contribution in [3.8, 4) is 0 Å². The van der Waals surface area contributed by atoms with Gasteiger partial charge in [0.25, 0.3) is 0 Å². The van der Waals surface area contributed by atoms with E-state index in [1.165, 1.54) is 11.3 Å². The van der Waals surface area contributed by atoms with E-state index in [2.05, 4.69) is 0 Å². The lowest BCUT2D eigenvalue weighted by molar-refractivity contribution is -0.143. The molecule has 114 valence electrons. The van der Waals surface area contributed by atoms with Crippen LogP contribution in [0.25, 0.3) is 0 Å². The average Bonchev–Trinajstić information content (AvgIpc) is 3.19. The summed E-state index contributed by atoms with van der Waals surface area (Å²) >= 11 is 7.81. The summed E-state index contributed by atoms with van der Waals surface area (Å²) in [7, 11) is 0. The molecule has 5 heteroatoms. The monoisotopic (exact) mass is 334 g/mol. The Labute approximate surface area is 137 Å². The molecule has 1 aromatic heterocycles. The quantitative estimate of drug-likeness (QED) is 0.836. The van der Waals surface area contributed by atoms with Crippen molar-refractivity contribution < 1.29 is 14.7 Å². The van der Waals surface area contributed by atoms with Crippen LogP contribution in [-0.4, -0.2) is 16.9 Å². The molecule has 0 bridgehead atoms. The summed E-state index contributed by atoms with van der Waals surface area (Å²) in [5, 5.41) is 11.8. The van der Waals surface area contributed by atoms with Crippen molar-refractivity contribution in [3.63, 3.8) is 0 Å². The molecule has 0 aliphatic heterocycles. The first-order valence-corrected chi connectivity index (χ1v) is 8.42. The summed E-state index contributed by atoms with van der Waals surface area (Å²) in [6.07, 6.45) is 2.87. The number of rotatable bonds is 4. The van der Waals surface area contributed by atoms with Gasteiger partial charge in [-0.25, -0.2) is 0 Å². The van der Waals surface area contributed by atoms with Crippen LogP contribution in [0, 0.1) is 0 Å². The van der Waals surface area contributed by atoms with Crippen molar-refractivity contribution in [2.75, 3.05) is 0 Å². The van der Waals surface area contributed by atoms with Crippen LogP contribution in [0.15, 0.2) is 35.7 Å². The van der Waals surface area contributed by atoms with E-state index in [0.29, 0.717) is 28.8 Å². The minimum Gasteiger partial charge on any atom is -0.481 e. The topological polar surface area (TPSA) is 54.4 Å². The first-order chi connectivity index (χ1) is 10.6. The molecule has 0 atom stereocenters. The number of thiophene rings is 1. The molecule has 1 aliphatic carbocycles. The fraction of sp³-hybridized carbons (Fsp3) is 0.294. The van der Waals surface area contributed by atoms with Crippen molar-refractivity contribution in [1.29, 1.82) is 0 Å². The Balaban J connectivity index is 2.10. The minimum absolute atomic E-state index is 0.152. The lowest BCUT2D eigenvalue weighted by atomic mass is 9.78. The van der Waals surface area contributed by atoms with Crippen molar-refractivity contribution in [2.45, 2.75) is 31.1 Å². The molecule has 1 fully saturated rings. The van der Waals surface area contributed by atoms with Crippen LogP contribution < -0.4 is 0 Å². The van der Waals surface area contributed by atoms with E-state index in [9.17, 15) is 14.7 Å². The molecule has 3 rings (SSSR count). The number of carboxylic acids is 1. The number of hydrogen-bond donors (Lipinski definition) is 1. The molecule has 1 saturated carbocycles. The van der Waals surface area contributed by atoms with Gasteiger partial charge < -0.3 is 5.11 Å². The maximum absolute atomic E-state index is 12.5. The lowest BCUT2D eigenvalue weighted by Crippen LogP contribution is -2.33. The van der Waals surface area contributed by atoms with Gasteiger partial charge in [-0.15, -0.1) is 11.3 Å². The van der Waals surface area contributed by atoms with Crippen LogP contribution in [0.3, 0.4) is 0 Å². The third-order valence-electron chi connectivity index (χ3n) is 4.37. The number of carboxylic acid groups (broad SMARTS) is 1. The normalized spacial score (nSPS) is 16.6. The largest absolute Gasteiger partial charge is 0.481 e. The van der Waals surface area contributed by atoms with E-state index >= 15 is 0 Å². The summed E-state index contributed by atoms with van der Waals surface area (Å²) < 4.78 is 0. The summed E-state index contributed by atoms with van der Waals surface area (Å²) in [4.78, 5) is 25.0. The average molecular weight is 335 g/mol. The molecular formula is C17H15ClO3S. The van der Waals surface area contributed by atoms with Crippen LogP contribution in [0.2, 0.25) is 5.02 Å². The summed E-state index contributed by atoms with van der Waals surface area (Å²) in [6.45, 7) is 0. The summed E-state index contributed by atoms with van der Waals surface area (Å²) in [5.74, 6) is -1.01. The molecule has 0 spiro atoms. The fourth-order valence-electron chi connectivity index (χ4n) is 3.19. The van der Waals surface area contributed by atoms with Gasteiger partial charge in [0.05, 0.1) is 15.3 Å². The molecule has 1 heterocycles. The van der Waals surface area contributed by atoms with E-state index < -0.39 is 11.4 Å². The molecule has 0 unspecified atom stereocenters. The molecule has 1 aromatic carbocycles. The van der Waals surface area contributed by atoms with Gasteiger partial charge in [0, 0.05) is 5.56 Å². The number of benzene rings is 1. The number of carbonyl (C=O) groups excluding carboxylic acids is 1. The maximum Gasteiger partial charge on any atom is 0.314 e. The van der Waals surface area contributed by atoms with Gasteiger partial charge in [0.1, 0.15) is 0 Å². The minimum atomic E-state index is -0.956. The third kappa shape index (κ3) is 2.36. The van der Waals surface area contributed by atoms with Crippen LogP contribution >= 0.6 is 22.9 Å². The van der Waals surface area contributed by atoms with E-state index in [0.717, 1.165) is 12.8 Å². The van der Waals surface area contributed by atoms with Gasteiger partial charge in [-0.3, -0.25) is 9.59 Å². The molecule has 22 heavy (non-hydrogen) atoms. The van der Waals surface area contributed by atoms with E-state index in [1.807, 2.05) is 11.4 Å². The van der Waals surface area contributed by atoms with Crippen LogP contribution in [0.5, 0.6) is 0 Å². The number of aliphatic carboxylic acids is 1. The van der Waals surface area contributed by atoms with Crippen molar-refractivity contribution >= 4 is 34.7 Å². The second-order valence-corrected chi connectivity index (χ2v) is 6.89. The number of hydrogen-bond acceptors (Lipinski definition) is 3. The molecule has 1 N–H and O–H groups in total. The molecule has 1 aliphatic rings. The van der Waals surface area contributed by atoms with E-state index in [-0.39, 0.29) is 10.8 Å². The Hall–Kier alpha value is -1.65.